The first kappa shape index (κ1) is 16.1. The Morgan fingerprint density at radius 1 is 1.17 bits per heavy atom. The second-order valence-electron chi connectivity index (χ2n) is 5.83. The molecule has 0 spiro atoms. The van der Waals surface area contributed by atoms with E-state index >= 15 is 0 Å². The van der Waals surface area contributed by atoms with Crippen LogP contribution in [-0.4, -0.2) is 17.5 Å². The van der Waals surface area contributed by atoms with E-state index in [0.717, 1.165) is 27.8 Å². The molecule has 3 aromatic rings. The number of H-pyrrole nitrogens is 1. The maximum absolute atomic E-state index is 12.4. The number of rotatable bonds is 6. The number of para-hydroxylation sites is 1. The fourth-order valence-electron chi connectivity index (χ4n) is 2.85. The molecule has 124 valence electrons. The van der Waals surface area contributed by atoms with Crippen LogP contribution >= 0.6 is 0 Å². The zero-order valence-electron chi connectivity index (χ0n) is 14.0. The quantitative estimate of drug-likeness (QED) is 0.721. The third-order valence-corrected chi connectivity index (χ3v) is 4.09. The third kappa shape index (κ3) is 3.59. The van der Waals surface area contributed by atoms with E-state index in [1.54, 1.807) is 0 Å². The lowest BCUT2D eigenvalue weighted by molar-refractivity contribution is -0.121. The molecule has 0 aliphatic rings. The van der Waals surface area contributed by atoms with Crippen LogP contribution in [0.4, 0.5) is 0 Å². The minimum Gasteiger partial charge on any atom is -0.494 e. The smallest absolute Gasteiger partial charge is 0.224 e. The predicted molar refractivity (Wildman–Crippen MR) is 96.2 cm³/mol. The molecule has 1 heterocycles. The first-order valence-electron chi connectivity index (χ1n) is 8.24. The number of carbonyl (C=O) groups excluding carboxylic acids is 1. The van der Waals surface area contributed by atoms with E-state index < -0.39 is 0 Å². The number of fused-ring (bicyclic) bond motifs is 1. The second-order valence-corrected chi connectivity index (χ2v) is 5.83. The molecule has 1 atom stereocenters. The Labute approximate surface area is 141 Å². The molecule has 0 saturated carbocycles. The van der Waals surface area contributed by atoms with Gasteiger partial charge in [0.1, 0.15) is 5.75 Å². The monoisotopic (exact) mass is 322 g/mol. The van der Waals surface area contributed by atoms with Gasteiger partial charge >= 0.3 is 0 Å². The van der Waals surface area contributed by atoms with E-state index in [0.29, 0.717) is 13.0 Å². The lowest BCUT2D eigenvalue weighted by Gasteiger charge is -2.15. The van der Waals surface area contributed by atoms with Crippen LogP contribution in [0.2, 0.25) is 0 Å². The van der Waals surface area contributed by atoms with Crippen LogP contribution in [0.1, 0.15) is 31.0 Å². The van der Waals surface area contributed by atoms with E-state index in [9.17, 15) is 4.79 Å². The molecule has 0 fully saturated rings. The number of ether oxygens (including phenoxy) is 1. The highest BCUT2D eigenvalue weighted by Crippen LogP contribution is 2.20. The standard InChI is InChI=1S/C20H22N2O2/c1-3-24-17-10-8-15(9-11-17)14(2)22-20(23)12-16-13-21-19-7-5-4-6-18(16)19/h4-11,13-14,21H,3,12H2,1-2H3,(H,22,23). The maximum Gasteiger partial charge on any atom is 0.224 e. The Morgan fingerprint density at radius 3 is 2.67 bits per heavy atom. The molecule has 1 unspecified atom stereocenters. The molecule has 0 radical (unpaired) electrons. The van der Waals surface area contributed by atoms with Crippen LogP contribution in [0, 0.1) is 0 Å². The van der Waals surface area contributed by atoms with Crippen molar-refractivity contribution < 1.29 is 9.53 Å². The molecule has 0 bridgehead atoms. The molecular formula is C20H22N2O2. The highest BCUT2D eigenvalue weighted by atomic mass is 16.5. The van der Waals surface area contributed by atoms with Gasteiger partial charge in [0.15, 0.2) is 0 Å². The molecular weight excluding hydrogens is 300 g/mol. The van der Waals surface area contributed by atoms with Crippen molar-refractivity contribution >= 4 is 16.8 Å². The van der Waals surface area contributed by atoms with Crippen LogP contribution in [0.15, 0.2) is 54.7 Å². The molecule has 2 aromatic carbocycles. The number of benzene rings is 2. The molecule has 4 heteroatoms. The van der Waals surface area contributed by atoms with Crippen LogP contribution in [0.3, 0.4) is 0 Å². The average Bonchev–Trinajstić information content (AvgIpc) is 2.99. The summed E-state index contributed by atoms with van der Waals surface area (Å²) in [6.45, 7) is 4.60. The summed E-state index contributed by atoms with van der Waals surface area (Å²) >= 11 is 0. The van der Waals surface area contributed by atoms with Gasteiger partial charge in [-0.3, -0.25) is 4.79 Å². The van der Waals surface area contributed by atoms with Gasteiger partial charge in [0.25, 0.3) is 0 Å². The molecule has 1 aromatic heterocycles. The van der Waals surface area contributed by atoms with Gasteiger partial charge in [-0.05, 0) is 43.2 Å². The summed E-state index contributed by atoms with van der Waals surface area (Å²) in [5.74, 6) is 0.861. The van der Waals surface area contributed by atoms with Crippen molar-refractivity contribution in [3.63, 3.8) is 0 Å². The summed E-state index contributed by atoms with van der Waals surface area (Å²) in [7, 11) is 0. The first-order valence-corrected chi connectivity index (χ1v) is 8.24. The number of amides is 1. The largest absolute Gasteiger partial charge is 0.494 e. The Hall–Kier alpha value is -2.75. The highest BCUT2D eigenvalue weighted by Gasteiger charge is 2.12. The van der Waals surface area contributed by atoms with Gasteiger partial charge in [-0.15, -0.1) is 0 Å². The van der Waals surface area contributed by atoms with Crippen molar-refractivity contribution in [2.75, 3.05) is 6.61 Å². The minimum absolute atomic E-state index is 0.0149. The van der Waals surface area contributed by atoms with Gasteiger partial charge in [-0.1, -0.05) is 30.3 Å². The number of aromatic nitrogens is 1. The van der Waals surface area contributed by atoms with Gasteiger partial charge in [-0.25, -0.2) is 0 Å². The third-order valence-electron chi connectivity index (χ3n) is 4.09. The molecule has 1 amide bonds. The van der Waals surface area contributed by atoms with E-state index in [1.165, 1.54) is 0 Å². The molecule has 0 aliphatic carbocycles. The summed E-state index contributed by atoms with van der Waals surface area (Å²) in [6.07, 6.45) is 2.27. The van der Waals surface area contributed by atoms with Crippen LogP contribution in [0.25, 0.3) is 10.9 Å². The lowest BCUT2D eigenvalue weighted by atomic mass is 10.1. The number of nitrogens with one attached hydrogen (secondary N) is 2. The number of hydrogen-bond acceptors (Lipinski definition) is 2. The zero-order valence-corrected chi connectivity index (χ0v) is 14.0. The Bertz CT molecular complexity index is 821. The summed E-state index contributed by atoms with van der Waals surface area (Å²) in [5.41, 5.74) is 3.13. The van der Waals surface area contributed by atoms with E-state index in [4.69, 9.17) is 4.74 Å². The fraction of sp³-hybridized carbons (Fsp3) is 0.250. The van der Waals surface area contributed by atoms with Crippen molar-refractivity contribution in [2.24, 2.45) is 0 Å². The molecule has 0 saturated heterocycles. The summed E-state index contributed by atoms with van der Waals surface area (Å²) in [4.78, 5) is 15.6. The molecule has 0 aliphatic heterocycles. The van der Waals surface area contributed by atoms with Crippen molar-refractivity contribution in [1.29, 1.82) is 0 Å². The molecule has 24 heavy (non-hydrogen) atoms. The molecule has 2 N–H and O–H groups in total. The minimum atomic E-state index is -0.0432. The van der Waals surface area contributed by atoms with Gasteiger partial charge in [0.05, 0.1) is 19.1 Å². The highest BCUT2D eigenvalue weighted by molar-refractivity contribution is 5.88. The zero-order chi connectivity index (χ0) is 16.9. The van der Waals surface area contributed by atoms with Gasteiger partial charge in [0.2, 0.25) is 5.91 Å². The van der Waals surface area contributed by atoms with Crippen molar-refractivity contribution in [1.82, 2.24) is 10.3 Å². The van der Waals surface area contributed by atoms with Crippen LogP contribution in [-0.2, 0) is 11.2 Å². The number of carbonyl (C=O) groups is 1. The van der Waals surface area contributed by atoms with E-state index in [-0.39, 0.29) is 11.9 Å². The molecule has 3 rings (SSSR count). The van der Waals surface area contributed by atoms with E-state index in [1.807, 2.05) is 68.6 Å². The average molecular weight is 322 g/mol. The summed E-state index contributed by atoms with van der Waals surface area (Å²) in [6, 6.07) is 15.8. The Morgan fingerprint density at radius 2 is 1.92 bits per heavy atom. The van der Waals surface area contributed by atoms with Gasteiger partial charge in [-0.2, -0.15) is 0 Å². The van der Waals surface area contributed by atoms with Gasteiger partial charge in [0, 0.05) is 17.1 Å². The number of aromatic amines is 1. The van der Waals surface area contributed by atoms with Crippen LogP contribution < -0.4 is 10.1 Å². The Kier molecular flexibility index (Phi) is 4.85. The normalized spacial score (nSPS) is 12.1. The van der Waals surface area contributed by atoms with Crippen molar-refractivity contribution in [3.8, 4) is 5.75 Å². The SMILES string of the molecule is CCOc1ccc(C(C)NC(=O)Cc2c[nH]c3ccccc23)cc1. The van der Waals surface area contributed by atoms with Gasteiger partial charge < -0.3 is 15.0 Å². The summed E-state index contributed by atoms with van der Waals surface area (Å²) < 4.78 is 5.44. The van der Waals surface area contributed by atoms with Crippen molar-refractivity contribution in [2.45, 2.75) is 26.3 Å². The second kappa shape index (κ2) is 7.21. The topological polar surface area (TPSA) is 54.1 Å². The number of hydrogen-bond donors (Lipinski definition) is 2. The molecule has 4 nitrogen and oxygen atoms in total. The Balaban J connectivity index is 1.63. The van der Waals surface area contributed by atoms with Crippen molar-refractivity contribution in [3.05, 3.63) is 65.9 Å². The summed E-state index contributed by atoms with van der Waals surface area (Å²) in [5, 5.41) is 4.16. The predicted octanol–water partition coefficient (Wildman–Crippen LogP) is 3.99. The van der Waals surface area contributed by atoms with E-state index in [2.05, 4.69) is 10.3 Å². The first-order chi connectivity index (χ1) is 11.7. The lowest BCUT2D eigenvalue weighted by Crippen LogP contribution is -2.28. The van der Waals surface area contributed by atoms with Crippen LogP contribution in [0.5, 0.6) is 5.75 Å². The maximum atomic E-state index is 12.4. The fourth-order valence-corrected chi connectivity index (χ4v) is 2.85.